The molecule has 3 aromatic rings. The second-order valence-corrected chi connectivity index (χ2v) is 8.71. The van der Waals surface area contributed by atoms with Gasteiger partial charge in [0.1, 0.15) is 5.82 Å². The second kappa shape index (κ2) is 8.11. The number of alkyl halides is 2. The predicted octanol–water partition coefficient (Wildman–Crippen LogP) is 3.23. The van der Waals surface area contributed by atoms with Crippen LogP contribution < -0.4 is 10.5 Å². The van der Waals surface area contributed by atoms with E-state index in [9.17, 15) is 22.0 Å². The number of rotatable bonds is 6. The van der Waals surface area contributed by atoms with Gasteiger partial charge in [-0.25, -0.2) is 18.5 Å². The van der Waals surface area contributed by atoms with E-state index in [-0.39, 0.29) is 22.8 Å². The summed E-state index contributed by atoms with van der Waals surface area (Å²) in [4.78, 5) is 16.8. The first-order chi connectivity index (χ1) is 14.0. The zero-order chi connectivity index (χ0) is 22.2. The Hall–Kier alpha value is -2.85. The van der Waals surface area contributed by atoms with E-state index in [1.807, 2.05) is 0 Å². The number of primary sulfonamides is 1. The van der Waals surface area contributed by atoms with Crippen LogP contribution in [0.15, 0.2) is 41.3 Å². The van der Waals surface area contributed by atoms with Crippen LogP contribution in [0.5, 0.6) is 0 Å². The van der Waals surface area contributed by atoms with Gasteiger partial charge in [0.15, 0.2) is 0 Å². The average Bonchev–Trinajstić information content (AvgIpc) is 3.06. The maximum atomic E-state index is 13.6. The molecule has 10 heteroatoms. The van der Waals surface area contributed by atoms with Crippen LogP contribution in [0.3, 0.4) is 0 Å². The molecule has 7 nitrogen and oxygen atoms in total. The molecule has 1 heterocycles. The molecule has 3 N–H and O–H groups in total. The summed E-state index contributed by atoms with van der Waals surface area (Å²) in [6, 6.07) is 9.34. The van der Waals surface area contributed by atoms with Crippen LogP contribution in [-0.2, 0) is 10.0 Å². The van der Waals surface area contributed by atoms with E-state index >= 15 is 0 Å². The van der Waals surface area contributed by atoms with Crippen LogP contribution >= 0.6 is 0 Å². The van der Waals surface area contributed by atoms with Crippen LogP contribution in [-0.4, -0.2) is 30.4 Å². The molecule has 0 aliphatic carbocycles. The fourth-order valence-corrected chi connectivity index (χ4v) is 4.19. The minimum atomic E-state index is -3.99. The molecule has 1 atom stereocenters. The minimum absolute atomic E-state index is 0.0342. The first-order valence-electron chi connectivity index (χ1n) is 9.18. The number of aromatic nitrogens is 2. The molecule has 0 fully saturated rings. The molecule has 0 radical (unpaired) electrons. The van der Waals surface area contributed by atoms with Crippen LogP contribution in [0.1, 0.15) is 46.7 Å². The lowest BCUT2D eigenvalue weighted by atomic mass is 10.1. The number of hydrogen-bond donors (Lipinski definition) is 2. The van der Waals surface area contributed by atoms with Gasteiger partial charge in [0.25, 0.3) is 5.91 Å². The Morgan fingerprint density at radius 2 is 1.90 bits per heavy atom. The SMILES string of the molecule is Cc1cc(C(=O)NCC(C)c2nc3ccccc3n2C(F)F)cc(S(N)(=O)=O)c1C. The third kappa shape index (κ3) is 4.19. The average molecular weight is 436 g/mol. The number of carbonyl (C=O) groups is 1. The highest BCUT2D eigenvalue weighted by Crippen LogP contribution is 2.27. The number of halogens is 2. The Labute approximate surface area is 173 Å². The van der Waals surface area contributed by atoms with E-state index in [4.69, 9.17) is 5.14 Å². The molecule has 0 saturated heterocycles. The number of sulfonamides is 1. The summed E-state index contributed by atoms with van der Waals surface area (Å²) in [6.45, 7) is 2.22. The quantitative estimate of drug-likeness (QED) is 0.619. The standard InChI is InChI=1S/C20H22F2N4O3S/c1-11-8-14(9-17(13(11)3)30(23,28)29)19(27)24-10-12(2)18-25-15-6-4-5-7-16(15)26(18)20(21)22/h4-9,12,20H,10H2,1-3H3,(H,24,27)(H2,23,28,29). The molecule has 1 aromatic heterocycles. The Morgan fingerprint density at radius 1 is 1.23 bits per heavy atom. The summed E-state index contributed by atoms with van der Waals surface area (Å²) in [5.41, 5.74) is 1.94. The molecule has 160 valence electrons. The first-order valence-corrected chi connectivity index (χ1v) is 10.7. The first kappa shape index (κ1) is 21.8. The third-order valence-corrected chi connectivity index (χ3v) is 6.05. The van der Waals surface area contributed by atoms with E-state index in [2.05, 4.69) is 10.3 Å². The van der Waals surface area contributed by atoms with Crippen molar-refractivity contribution in [2.75, 3.05) is 6.54 Å². The van der Waals surface area contributed by atoms with Crippen LogP contribution in [0.4, 0.5) is 8.78 Å². The fourth-order valence-electron chi connectivity index (χ4n) is 3.31. The molecule has 0 saturated carbocycles. The highest BCUT2D eigenvalue weighted by atomic mass is 32.2. The fraction of sp³-hybridized carbons (Fsp3) is 0.300. The summed E-state index contributed by atoms with van der Waals surface area (Å²) >= 11 is 0. The van der Waals surface area contributed by atoms with Gasteiger partial charge in [-0.05, 0) is 49.2 Å². The van der Waals surface area contributed by atoms with Crippen molar-refractivity contribution < 1.29 is 22.0 Å². The monoisotopic (exact) mass is 436 g/mol. The van der Waals surface area contributed by atoms with Crippen molar-refractivity contribution in [3.05, 3.63) is 58.9 Å². The number of imidazole rings is 1. The van der Waals surface area contributed by atoms with E-state index < -0.39 is 28.4 Å². The number of carbonyl (C=O) groups excluding carboxylic acids is 1. The number of para-hydroxylation sites is 2. The number of nitrogens with one attached hydrogen (secondary N) is 1. The number of nitrogens with zero attached hydrogens (tertiary/aromatic N) is 2. The van der Waals surface area contributed by atoms with E-state index in [0.29, 0.717) is 22.2 Å². The van der Waals surface area contributed by atoms with Gasteiger partial charge in [0.2, 0.25) is 10.0 Å². The molecule has 3 rings (SSSR count). The number of hydrogen-bond acceptors (Lipinski definition) is 4. The smallest absolute Gasteiger partial charge is 0.320 e. The summed E-state index contributed by atoms with van der Waals surface area (Å²) in [7, 11) is -3.99. The predicted molar refractivity (Wildman–Crippen MR) is 109 cm³/mol. The summed E-state index contributed by atoms with van der Waals surface area (Å²) in [5.74, 6) is -0.897. The molecule has 0 aliphatic rings. The van der Waals surface area contributed by atoms with Gasteiger partial charge >= 0.3 is 6.55 Å². The van der Waals surface area contributed by atoms with Crippen molar-refractivity contribution in [2.24, 2.45) is 5.14 Å². The van der Waals surface area contributed by atoms with E-state index in [0.717, 1.165) is 4.57 Å². The van der Waals surface area contributed by atoms with Gasteiger partial charge in [-0.2, -0.15) is 8.78 Å². The van der Waals surface area contributed by atoms with Crippen LogP contribution in [0, 0.1) is 13.8 Å². The number of benzene rings is 2. The zero-order valence-electron chi connectivity index (χ0n) is 16.7. The molecule has 2 aromatic carbocycles. The molecular weight excluding hydrogens is 414 g/mol. The normalized spacial score (nSPS) is 13.0. The summed E-state index contributed by atoms with van der Waals surface area (Å²) in [5, 5.41) is 7.89. The van der Waals surface area contributed by atoms with Gasteiger partial charge < -0.3 is 5.32 Å². The number of fused-ring (bicyclic) bond motifs is 1. The van der Waals surface area contributed by atoms with Crippen LogP contribution in [0.2, 0.25) is 0 Å². The molecule has 0 spiro atoms. The van der Waals surface area contributed by atoms with Gasteiger partial charge in [-0.3, -0.25) is 9.36 Å². The van der Waals surface area contributed by atoms with E-state index in [1.165, 1.54) is 6.07 Å². The molecular formula is C20H22F2N4O3S. The highest BCUT2D eigenvalue weighted by molar-refractivity contribution is 7.89. The molecule has 30 heavy (non-hydrogen) atoms. The summed E-state index contributed by atoms with van der Waals surface area (Å²) < 4.78 is 51.7. The molecule has 1 unspecified atom stereocenters. The number of amides is 1. The second-order valence-electron chi connectivity index (χ2n) is 7.18. The largest absolute Gasteiger partial charge is 0.351 e. The van der Waals surface area contributed by atoms with Crippen molar-refractivity contribution in [1.29, 1.82) is 0 Å². The Morgan fingerprint density at radius 3 is 2.53 bits per heavy atom. The number of nitrogens with two attached hydrogens (primary N) is 1. The topological polar surface area (TPSA) is 107 Å². The van der Waals surface area contributed by atoms with Gasteiger partial charge in [-0.15, -0.1) is 0 Å². The van der Waals surface area contributed by atoms with Gasteiger partial charge in [0.05, 0.1) is 15.9 Å². The van der Waals surface area contributed by atoms with Crippen molar-refractivity contribution in [3.8, 4) is 0 Å². The molecule has 0 bridgehead atoms. The van der Waals surface area contributed by atoms with Crippen molar-refractivity contribution >= 4 is 27.0 Å². The Bertz CT molecular complexity index is 1220. The van der Waals surface area contributed by atoms with Crippen molar-refractivity contribution in [3.63, 3.8) is 0 Å². The highest BCUT2D eigenvalue weighted by Gasteiger charge is 2.23. The third-order valence-electron chi connectivity index (χ3n) is 5.02. The lowest BCUT2D eigenvalue weighted by molar-refractivity contribution is 0.0704. The van der Waals surface area contributed by atoms with Gasteiger partial charge in [-0.1, -0.05) is 19.1 Å². The maximum Gasteiger partial charge on any atom is 0.320 e. The Balaban J connectivity index is 1.85. The van der Waals surface area contributed by atoms with Crippen molar-refractivity contribution in [2.45, 2.75) is 38.1 Å². The molecule has 1 amide bonds. The lowest BCUT2D eigenvalue weighted by Crippen LogP contribution is -2.29. The van der Waals surface area contributed by atoms with E-state index in [1.54, 1.807) is 51.1 Å². The van der Waals surface area contributed by atoms with Crippen LogP contribution in [0.25, 0.3) is 11.0 Å². The maximum absolute atomic E-state index is 13.6. The zero-order valence-corrected chi connectivity index (χ0v) is 17.5. The van der Waals surface area contributed by atoms with Gasteiger partial charge in [0, 0.05) is 18.0 Å². The minimum Gasteiger partial charge on any atom is -0.351 e. The summed E-state index contributed by atoms with van der Waals surface area (Å²) in [6.07, 6.45) is 0. The lowest BCUT2D eigenvalue weighted by Gasteiger charge is -2.16. The van der Waals surface area contributed by atoms with Crippen molar-refractivity contribution in [1.82, 2.24) is 14.9 Å². The number of aryl methyl sites for hydroxylation is 1. The Kier molecular flexibility index (Phi) is 5.91. The molecule has 0 aliphatic heterocycles.